The number of benzene rings is 1. The fourth-order valence-electron chi connectivity index (χ4n) is 4.14. The van der Waals surface area contributed by atoms with Gasteiger partial charge in [0, 0.05) is 18.0 Å². The van der Waals surface area contributed by atoms with Crippen LogP contribution in [-0.4, -0.2) is 5.60 Å². The minimum absolute atomic E-state index is 0.114. The Kier molecular flexibility index (Phi) is 3.05. The van der Waals surface area contributed by atoms with E-state index in [1.54, 1.807) is 6.07 Å². The number of nitrogens with two attached hydrogens (primary N) is 1. The summed E-state index contributed by atoms with van der Waals surface area (Å²) in [6.45, 7) is 4.57. The highest BCUT2D eigenvalue weighted by Gasteiger charge is 2.44. The summed E-state index contributed by atoms with van der Waals surface area (Å²) in [5.41, 5.74) is 6.94. The monoisotopic (exact) mass is 263 g/mol. The molecule has 0 radical (unpaired) electrons. The Morgan fingerprint density at radius 2 is 1.89 bits per heavy atom. The molecule has 2 nitrogen and oxygen atoms in total. The number of rotatable bonds is 0. The molecule has 1 spiro atoms. The third-order valence-corrected chi connectivity index (χ3v) is 4.54. The largest absolute Gasteiger partial charge is 0.487 e. The normalized spacial score (nSPS) is 37.8. The summed E-state index contributed by atoms with van der Waals surface area (Å²) in [6.07, 6.45) is 4.18. The fraction of sp³-hybridized carbons (Fsp3) is 0.625. The van der Waals surface area contributed by atoms with Gasteiger partial charge in [0.25, 0.3) is 0 Å². The van der Waals surface area contributed by atoms with Gasteiger partial charge in [0.2, 0.25) is 0 Å². The molecule has 3 heteroatoms. The lowest BCUT2D eigenvalue weighted by atomic mass is 9.69. The lowest BCUT2D eigenvalue weighted by molar-refractivity contribution is -0.0312. The van der Waals surface area contributed by atoms with Crippen molar-refractivity contribution in [3.63, 3.8) is 0 Å². The van der Waals surface area contributed by atoms with E-state index in [2.05, 4.69) is 13.8 Å². The van der Waals surface area contributed by atoms with Crippen LogP contribution in [0.2, 0.25) is 0 Å². The van der Waals surface area contributed by atoms with E-state index in [0.29, 0.717) is 11.8 Å². The van der Waals surface area contributed by atoms with E-state index >= 15 is 0 Å². The first-order valence-corrected chi connectivity index (χ1v) is 7.21. The molecule has 1 aromatic rings. The minimum Gasteiger partial charge on any atom is -0.487 e. The van der Waals surface area contributed by atoms with Crippen LogP contribution in [-0.2, 0) is 0 Å². The number of ether oxygens (including phenoxy) is 1. The Morgan fingerprint density at radius 3 is 2.58 bits per heavy atom. The smallest absolute Gasteiger partial charge is 0.125 e. The highest BCUT2D eigenvalue weighted by Crippen LogP contribution is 2.48. The van der Waals surface area contributed by atoms with E-state index in [0.717, 1.165) is 30.6 Å². The van der Waals surface area contributed by atoms with Gasteiger partial charge in [-0.25, -0.2) is 4.39 Å². The Morgan fingerprint density at radius 1 is 1.21 bits per heavy atom. The molecule has 3 atom stereocenters. The molecule has 1 aliphatic heterocycles. The summed E-state index contributed by atoms with van der Waals surface area (Å²) in [7, 11) is 0. The molecule has 2 aliphatic rings. The van der Waals surface area contributed by atoms with Gasteiger partial charge in [-0.2, -0.15) is 0 Å². The zero-order valence-corrected chi connectivity index (χ0v) is 11.7. The zero-order chi connectivity index (χ0) is 13.6. The first-order chi connectivity index (χ1) is 8.97. The van der Waals surface area contributed by atoms with Crippen LogP contribution in [0.4, 0.5) is 4.39 Å². The SMILES string of the molecule is CC1CC(C)CC2(C1)CC(N)c1cc(F)ccc1O2. The molecule has 19 heavy (non-hydrogen) atoms. The van der Waals surface area contributed by atoms with Crippen molar-refractivity contribution in [3.8, 4) is 5.75 Å². The molecule has 0 saturated heterocycles. The Labute approximate surface area is 114 Å². The first kappa shape index (κ1) is 12.9. The maximum absolute atomic E-state index is 13.3. The van der Waals surface area contributed by atoms with E-state index < -0.39 is 0 Å². The van der Waals surface area contributed by atoms with E-state index in [1.165, 1.54) is 18.6 Å². The van der Waals surface area contributed by atoms with Crippen LogP contribution in [0.25, 0.3) is 0 Å². The van der Waals surface area contributed by atoms with E-state index in [9.17, 15) is 4.39 Å². The second-order valence-corrected chi connectivity index (χ2v) is 6.63. The standard InChI is InChI=1S/C16H22FNO/c1-10-5-11(2)8-16(7-10)9-14(18)13-6-12(17)3-4-15(13)19-16/h3-4,6,10-11,14H,5,7-9,18H2,1-2H3. The number of hydrogen-bond acceptors (Lipinski definition) is 2. The van der Waals surface area contributed by atoms with Crippen molar-refractivity contribution in [1.29, 1.82) is 0 Å². The quantitative estimate of drug-likeness (QED) is 0.772. The summed E-state index contributed by atoms with van der Waals surface area (Å²) in [6, 6.07) is 4.59. The van der Waals surface area contributed by atoms with Crippen molar-refractivity contribution < 1.29 is 9.13 Å². The Bertz CT molecular complexity index is 478. The summed E-state index contributed by atoms with van der Waals surface area (Å²) in [5, 5.41) is 0. The van der Waals surface area contributed by atoms with Gasteiger partial charge < -0.3 is 10.5 Å². The van der Waals surface area contributed by atoms with Crippen molar-refractivity contribution in [2.45, 2.75) is 51.2 Å². The highest BCUT2D eigenvalue weighted by atomic mass is 19.1. The molecule has 0 amide bonds. The molecule has 1 aliphatic carbocycles. The highest BCUT2D eigenvalue weighted by molar-refractivity contribution is 5.39. The molecule has 1 saturated carbocycles. The molecule has 3 unspecified atom stereocenters. The van der Waals surface area contributed by atoms with Crippen LogP contribution < -0.4 is 10.5 Å². The molecule has 3 rings (SSSR count). The van der Waals surface area contributed by atoms with Crippen LogP contribution in [0.5, 0.6) is 5.75 Å². The van der Waals surface area contributed by atoms with E-state index in [1.807, 2.05) is 0 Å². The van der Waals surface area contributed by atoms with Crippen LogP contribution in [0.15, 0.2) is 18.2 Å². The first-order valence-electron chi connectivity index (χ1n) is 7.21. The van der Waals surface area contributed by atoms with Crippen LogP contribution in [0, 0.1) is 17.7 Å². The Balaban J connectivity index is 1.94. The summed E-state index contributed by atoms with van der Waals surface area (Å²) in [5.74, 6) is 1.87. The minimum atomic E-state index is -0.237. The van der Waals surface area contributed by atoms with Gasteiger partial charge in [-0.15, -0.1) is 0 Å². The molecule has 1 heterocycles. The lowest BCUT2D eigenvalue weighted by Crippen LogP contribution is -2.48. The maximum atomic E-state index is 13.3. The van der Waals surface area contributed by atoms with Gasteiger partial charge in [0.1, 0.15) is 17.2 Å². The molecule has 2 N–H and O–H groups in total. The van der Waals surface area contributed by atoms with Gasteiger partial charge in [0.15, 0.2) is 0 Å². The van der Waals surface area contributed by atoms with Crippen molar-refractivity contribution in [2.75, 3.05) is 0 Å². The summed E-state index contributed by atoms with van der Waals surface area (Å²) < 4.78 is 19.6. The number of fused-ring (bicyclic) bond motifs is 1. The van der Waals surface area contributed by atoms with Gasteiger partial charge in [-0.1, -0.05) is 13.8 Å². The third-order valence-electron chi connectivity index (χ3n) is 4.54. The van der Waals surface area contributed by atoms with Crippen molar-refractivity contribution in [1.82, 2.24) is 0 Å². The summed E-state index contributed by atoms with van der Waals surface area (Å²) in [4.78, 5) is 0. The molecule has 104 valence electrons. The molecule has 0 aromatic heterocycles. The van der Waals surface area contributed by atoms with Crippen LogP contribution >= 0.6 is 0 Å². The fourth-order valence-corrected chi connectivity index (χ4v) is 4.14. The van der Waals surface area contributed by atoms with Crippen molar-refractivity contribution in [2.24, 2.45) is 17.6 Å². The Hall–Kier alpha value is -1.09. The second kappa shape index (κ2) is 4.48. The lowest BCUT2D eigenvalue weighted by Gasteiger charge is -2.47. The average Bonchev–Trinajstić information content (AvgIpc) is 2.28. The topological polar surface area (TPSA) is 35.2 Å². The number of halogens is 1. The van der Waals surface area contributed by atoms with E-state index in [4.69, 9.17) is 10.5 Å². The van der Waals surface area contributed by atoms with Crippen molar-refractivity contribution >= 4 is 0 Å². The van der Waals surface area contributed by atoms with Gasteiger partial charge in [0.05, 0.1) is 0 Å². The number of hydrogen-bond donors (Lipinski definition) is 1. The predicted octanol–water partition coefficient (Wildman–Crippen LogP) is 3.80. The molecule has 1 fully saturated rings. The third kappa shape index (κ3) is 2.36. The van der Waals surface area contributed by atoms with Crippen molar-refractivity contribution in [3.05, 3.63) is 29.6 Å². The average molecular weight is 263 g/mol. The van der Waals surface area contributed by atoms with Gasteiger partial charge in [-0.05, 0) is 49.3 Å². The molecular formula is C16H22FNO. The van der Waals surface area contributed by atoms with Gasteiger partial charge in [-0.3, -0.25) is 0 Å². The molecule has 1 aromatic carbocycles. The molecular weight excluding hydrogens is 241 g/mol. The molecule has 0 bridgehead atoms. The zero-order valence-electron chi connectivity index (χ0n) is 11.7. The predicted molar refractivity (Wildman–Crippen MR) is 73.5 cm³/mol. The van der Waals surface area contributed by atoms with Crippen LogP contribution in [0.3, 0.4) is 0 Å². The van der Waals surface area contributed by atoms with Gasteiger partial charge >= 0.3 is 0 Å². The second-order valence-electron chi connectivity index (χ2n) is 6.63. The maximum Gasteiger partial charge on any atom is 0.125 e. The summed E-state index contributed by atoms with van der Waals surface area (Å²) >= 11 is 0. The van der Waals surface area contributed by atoms with E-state index in [-0.39, 0.29) is 17.5 Å². The van der Waals surface area contributed by atoms with Crippen LogP contribution in [0.1, 0.15) is 51.1 Å².